The summed E-state index contributed by atoms with van der Waals surface area (Å²) in [6.45, 7) is 6.01. The molecule has 1 aromatic heterocycles. The Morgan fingerprint density at radius 2 is 1.76 bits per heavy atom. The number of imidazole rings is 1. The standard InChI is InChI=1S/C25H31N3O/c1-3-4-5-6-9-16-27-23-11-8-7-10-22(23)26-25(27)20-17-24(29)28(18-20)21-14-12-19(2)13-15-21/h7-8,10-15,20H,3-6,9,16-18H2,1-2H3/t20-/m1/s1. The van der Waals surface area contributed by atoms with Gasteiger partial charge in [-0.25, -0.2) is 4.98 Å². The number of carbonyl (C=O) groups excluding carboxylic acids is 1. The molecular formula is C25H31N3O. The van der Waals surface area contributed by atoms with Crippen LogP contribution in [0.25, 0.3) is 11.0 Å². The lowest BCUT2D eigenvalue weighted by atomic mass is 10.1. The maximum absolute atomic E-state index is 12.8. The number of carbonyl (C=O) groups is 1. The molecule has 1 saturated heterocycles. The number of rotatable bonds is 8. The number of fused-ring (bicyclic) bond motifs is 1. The first-order valence-electron chi connectivity index (χ1n) is 11.0. The molecule has 0 radical (unpaired) electrons. The molecule has 0 unspecified atom stereocenters. The molecule has 0 saturated carbocycles. The van der Waals surface area contributed by atoms with Gasteiger partial charge in [0.2, 0.25) is 5.91 Å². The van der Waals surface area contributed by atoms with Gasteiger partial charge in [0.1, 0.15) is 5.82 Å². The third-order valence-electron chi connectivity index (χ3n) is 6.01. The molecule has 1 aliphatic rings. The van der Waals surface area contributed by atoms with Crippen molar-refractivity contribution in [2.24, 2.45) is 0 Å². The normalized spacial score (nSPS) is 16.8. The zero-order valence-electron chi connectivity index (χ0n) is 17.6. The van der Waals surface area contributed by atoms with Crippen molar-refractivity contribution < 1.29 is 4.79 Å². The molecule has 2 heterocycles. The summed E-state index contributed by atoms with van der Waals surface area (Å²) >= 11 is 0. The molecule has 1 aliphatic heterocycles. The Labute approximate surface area is 173 Å². The Bertz CT molecular complexity index is 973. The van der Waals surface area contributed by atoms with Crippen LogP contribution in [0.5, 0.6) is 0 Å². The van der Waals surface area contributed by atoms with E-state index in [-0.39, 0.29) is 11.8 Å². The summed E-state index contributed by atoms with van der Waals surface area (Å²) in [5, 5.41) is 0. The minimum atomic E-state index is 0.145. The van der Waals surface area contributed by atoms with Crippen molar-refractivity contribution in [2.75, 3.05) is 11.4 Å². The molecule has 1 atom stereocenters. The van der Waals surface area contributed by atoms with Gasteiger partial charge < -0.3 is 9.47 Å². The zero-order chi connectivity index (χ0) is 20.2. The van der Waals surface area contributed by atoms with E-state index < -0.39 is 0 Å². The van der Waals surface area contributed by atoms with Crippen LogP contribution >= 0.6 is 0 Å². The van der Waals surface area contributed by atoms with Crippen LogP contribution in [0.1, 0.15) is 62.8 Å². The van der Waals surface area contributed by atoms with E-state index in [1.54, 1.807) is 0 Å². The zero-order valence-corrected chi connectivity index (χ0v) is 17.6. The van der Waals surface area contributed by atoms with Crippen LogP contribution < -0.4 is 4.90 Å². The van der Waals surface area contributed by atoms with Gasteiger partial charge in [-0.2, -0.15) is 0 Å². The van der Waals surface area contributed by atoms with E-state index in [2.05, 4.69) is 48.7 Å². The summed E-state index contributed by atoms with van der Waals surface area (Å²) in [5.74, 6) is 1.41. The average Bonchev–Trinajstić information content (AvgIpc) is 3.29. The number of amides is 1. The van der Waals surface area contributed by atoms with E-state index in [0.29, 0.717) is 13.0 Å². The van der Waals surface area contributed by atoms with E-state index in [9.17, 15) is 4.79 Å². The Morgan fingerprint density at radius 1 is 1.00 bits per heavy atom. The second-order valence-corrected chi connectivity index (χ2v) is 8.27. The van der Waals surface area contributed by atoms with Crippen molar-refractivity contribution >= 4 is 22.6 Å². The number of benzene rings is 2. The van der Waals surface area contributed by atoms with E-state index in [4.69, 9.17) is 4.98 Å². The molecule has 152 valence electrons. The number of aryl methyl sites for hydroxylation is 2. The molecule has 4 heteroatoms. The fourth-order valence-electron chi connectivity index (χ4n) is 4.37. The molecule has 2 aromatic carbocycles. The molecular weight excluding hydrogens is 358 g/mol. The average molecular weight is 390 g/mol. The molecule has 0 N–H and O–H groups in total. The molecule has 4 nitrogen and oxygen atoms in total. The summed E-state index contributed by atoms with van der Waals surface area (Å²) in [6, 6.07) is 16.6. The lowest BCUT2D eigenvalue weighted by molar-refractivity contribution is -0.117. The van der Waals surface area contributed by atoms with Crippen LogP contribution in [0.4, 0.5) is 5.69 Å². The largest absolute Gasteiger partial charge is 0.328 e. The third kappa shape index (κ3) is 4.21. The Balaban J connectivity index is 1.57. The summed E-state index contributed by atoms with van der Waals surface area (Å²) < 4.78 is 2.37. The summed E-state index contributed by atoms with van der Waals surface area (Å²) in [5.41, 5.74) is 4.43. The van der Waals surface area contributed by atoms with Gasteiger partial charge in [0.25, 0.3) is 0 Å². The van der Waals surface area contributed by atoms with Crippen LogP contribution in [-0.2, 0) is 11.3 Å². The number of aromatic nitrogens is 2. The first-order chi connectivity index (χ1) is 14.2. The van der Waals surface area contributed by atoms with Gasteiger partial charge in [-0.15, -0.1) is 0 Å². The number of unbranched alkanes of at least 4 members (excludes halogenated alkanes) is 4. The Kier molecular flexibility index (Phi) is 5.98. The topological polar surface area (TPSA) is 38.1 Å². The summed E-state index contributed by atoms with van der Waals surface area (Å²) in [6.07, 6.45) is 6.81. The monoisotopic (exact) mass is 389 g/mol. The first-order valence-corrected chi connectivity index (χ1v) is 11.0. The quantitative estimate of drug-likeness (QED) is 0.454. The fourth-order valence-corrected chi connectivity index (χ4v) is 4.37. The van der Waals surface area contributed by atoms with Gasteiger partial charge in [0.05, 0.1) is 11.0 Å². The van der Waals surface area contributed by atoms with Gasteiger partial charge in [-0.1, -0.05) is 62.4 Å². The molecule has 1 amide bonds. The number of para-hydroxylation sites is 2. The highest BCUT2D eigenvalue weighted by molar-refractivity contribution is 5.96. The Hall–Kier alpha value is -2.62. The van der Waals surface area contributed by atoms with Crippen molar-refractivity contribution in [1.82, 2.24) is 9.55 Å². The van der Waals surface area contributed by atoms with Crippen LogP contribution in [-0.4, -0.2) is 22.0 Å². The van der Waals surface area contributed by atoms with Gasteiger partial charge in [-0.3, -0.25) is 4.79 Å². The number of hydrogen-bond acceptors (Lipinski definition) is 2. The minimum Gasteiger partial charge on any atom is -0.328 e. The lowest BCUT2D eigenvalue weighted by Crippen LogP contribution is -2.24. The van der Waals surface area contributed by atoms with E-state index in [1.807, 2.05) is 23.1 Å². The Morgan fingerprint density at radius 3 is 2.55 bits per heavy atom. The molecule has 4 rings (SSSR count). The highest BCUT2D eigenvalue weighted by atomic mass is 16.2. The minimum absolute atomic E-state index is 0.145. The van der Waals surface area contributed by atoms with Gasteiger partial charge in [-0.05, 0) is 37.6 Å². The van der Waals surface area contributed by atoms with Crippen molar-refractivity contribution in [1.29, 1.82) is 0 Å². The summed E-state index contributed by atoms with van der Waals surface area (Å²) in [7, 11) is 0. The maximum atomic E-state index is 12.8. The van der Waals surface area contributed by atoms with E-state index >= 15 is 0 Å². The maximum Gasteiger partial charge on any atom is 0.227 e. The molecule has 0 aliphatic carbocycles. The van der Waals surface area contributed by atoms with Crippen LogP contribution in [0.15, 0.2) is 48.5 Å². The van der Waals surface area contributed by atoms with Gasteiger partial charge >= 0.3 is 0 Å². The predicted octanol–water partition coefficient (Wildman–Crippen LogP) is 5.84. The number of anilines is 1. The highest BCUT2D eigenvalue weighted by Gasteiger charge is 2.34. The van der Waals surface area contributed by atoms with Crippen LogP contribution in [0, 0.1) is 6.92 Å². The SMILES string of the molecule is CCCCCCCn1c([C@@H]2CC(=O)N(c3ccc(C)cc3)C2)nc2ccccc21. The lowest BCUT2D eigenvalue weighted by Gasteiger charge is -2.17. The molecule has 0 bridgehead atoms. The van der Waals surface area contributed by atoms with Crippen LogP contribution in [0.3, 0.4) is 0 Å². The van der Waals surface area contributed by atoms with Crippen molar-refractivity contribution in [3.8, 4) is 0 Å². The van der Waals surface area contributed by atoms with E-state index in [1.165, 1.54) is 36.8 Å². The first kappa shape index (κ1) is 19.7. The fraction of sp³-hybridized carbons (Fsp3) is 0.440. The second-order valence-electron chi connectivity index (χ2n) is 8.27. The summed E-state index contributed by atoms with van der Waals surface area (Å²) in [4.78, 5) is 19.7. The van der Waals surface area contributed by atoms with E-state index in [0.717, 1.165) is 30.0 Å². The number of hydrogen-bond donors (Lipinski definition) is 0. The molecule has 1 fully saturated rings. The highest BCUT2D eigenvalue weighted by Crippen LogP contribution is 2.33. The van der Waals surface area contributed by atoms with Gasteiger partial charge in [0, 0.05) is 31.1 Å². The van der Waals surface area contributed by atoms with Gasteiger partial charge in [0.15, 0.2) is 0 Å². The van der Waals surface area contributed by atoms with Crippen molar-refractivity contribution in [2.45, 2.75) is 64.8 Å². The van der Waals surface area contributed by atoms with Crippen molar-refractivity contribution in [3.05, 3.63) is 59.9 Å². The predicted molar refractivity (Wildman–Crippen MR) is 119 cm³/mol. The van der Waals surface area contributed by atoms with Crippen molar-refractivity contribution in [3.63, 3.8) is 0 Å². The second kappa shape index (κ2) is 8.81. The third-order valence-corrected chi connectivity index (χ3v) is 6.01. The molecule has 3 aromatic rings. The molecule has 29 heavy (non-hydrogen) atoms. The number of nitrogens with zero attached hydrogens (tertiary/aromatic N) is 3. The smallest absolute Gasteiger partial charge is 0.227 e. The molecule has 0 spiro atoms. The van der Waals surface area contributed by atoms with Crippen LogP contribution in [0.2, 0.25) is 0 Å².